The van der Waals surface area contributed by atoms with Crippen molar-refractivity contribution in [2.45, 2.75) is 6.61 Å². The molecule has 0 saturated carbocycles. The van der Waals surface area contributed by atoms with Gasteiger partial charge in [-0.25, -0.2) is 0 Å². The van der Waals surface area contributed by atoms with Crippen LogP contribution in [0.15, 0.2) is 53.3 Å². The molecule has 0 bridgehead atoms. The van der Waals surface area contributed by atoms with Gasteiger partial charge in [0.1, 0.15) is 5.75 Å². The van der Waals surface area contributed by atoms with Crippen molar-refractivity contribution in [2.24, 2.45) is 0 Å². The predicted octanol–water partition coefficient (Wildman–Crippen LogP) is 2.62. The summed E-state index contributed by atoms with van der Waals surface area (Å²) in [6, 6.07) is 9.30. The average molecular weight is 298 g/mol. The number of pyridine rings is 1. The van der Waals surface area contributed by atoms with Gasteiger partial charge in [-0.15, -0.1) is 0 Å². The minimum atomic E-state index is -0.469. The third-order valence-electron chi connectivity index (χ3n) is 2.82. The van der Waals surface area contributed by atoms with E-state index in [1.165, 1.54) is 24.3 Å². The van der Waals surface area contributed by atoms with Gasteiger partial charge in [0.25, 0.3) is 11.6 Å². The van der Waals surface area contributed by atoms with Crippen LogP contribution >= 0.6 is 0 Å². The van der Waals surface area contributed by atoms with E-state index in [2.05, 4.69) is 15.1 Å². The van der Waals surface area contributed by atoms with Crippen LogP contribution < -0.4 is 4.74 Å². The fourth-order valence-electron chi connectivity index (χ4n) is 1.74. The third-order valence-corrected chi connectivity index (χ3v) is 2.82. The van der Waals surface area contributed by atoms with E-state index in [-0.39, 0.29) is 12.3 Å². The van der Waals surface area contributed by atoms with Crippen LogP contribution in [0.5, 0.6) is 5.75 Å². The van der Waals surface area contributed by atoms with Crippen molar-refractivity contribution >= 4 is 5.69 Å². The summed E-state index contributed by atoms with van der Waals surface area (Å²) < 4.78 is 10.5. The first kappa shape index (κ1) is 13.7. The zero-order chi connectivity index (χ0) is 15.4. The molecule has 8 heteroatoms. The summed E-state index contributed by atoms with van der Waals surface area (Å²) in [5.41, 5.74) is 0.797. The van der Waals surface area contributed by atoms with Gasteiger partial charge < -0.3 is 9.26 Å². The zero-order valence-electron chi connectivity index (χ0n) is 11.2. The Morgan fingerprint density at radius 1 is 1.14 bits per heavy atom. The highest BCUT2D eigenvalue weighted by atomic mass is 16.6. The largest absolute Gasteiger partial charge is 0.484 e. The highest BCUT2D eigenvalue weighted by Crippen LogP contribution is 2.19. The summed E-state index contributed by atoms with van der Waals surface area (Å²) >= 11 is 0. The molecule has 3 aromatic rings. The number of nitro groups is 1. The molecule has 0 atom stereocenters. The number of nitro benzene ring substituents is 1. The van der Waals surface area contributed by atoms with E-state index in [0.717, 1.165) is 5.56 Å². The Labute approximate surface area is 124 Å². The molecule has 3 rings (SSSR count). The fraction of sp³-hybridized carbons (Fsp3) is 0.0714. The predicted molar refractivity (Wildman–Crippen MR) is 75.0 cm³/mol. The lowest BCUT2D eigenvalue weighted by Crippen LogP contribution is -1.96. The van der Waals surface area contributed by atoms with Crippen LogP contribution in [-0.2, 0) is 6.61 Å². The van der Waals surface area contributed by atoms with Crippen LogP contribution in [0.25, 0.3) is 11.4 Å². The van der Waals surface area contributed by atoms with Gasteiger partial charge in [0.2, 0.25) is 5.82 Å². The Morgan fingerprint density at radius 3 is 2.55 bits per heavy atom. The van der Waals surface area contributed by atoms with E-state index in [4.69, 9.17) is 9.26 Å². The summed E-state index contributed by atoms with van der Waals surface area (Å²) in [6.45, 7) is 0.0793. The van der Waals surface area contributed by atoms with Crippen molar-refractivity contribution in [1.29, 1.82) is 0 Å². The molecule has 0 aliphatic heterocycles. The summed E-state index contributed by atoms with van der Waals surface area (Å²) in [6.07, 6.45) is 3.28. The molecular formula is C14H10N4O4. The molecule has 1 aromatic carbocycles. The monoisotopic (exact) mass is 298 g/mol. The normalized spacial score (nSPS) is 10.4. The molecule has 2 aromatic heterocycles. The minimum Gasteiger partial charge on any atom is -0.484 e. The van der Waals surface area contributed by atoms with Crippen molar-refractivity contribution in [3.05, 3.63) is 64.8 Å². The minimum absolute atomic E-state index is 0.00473. The van der Waals surface area contributed by atoms with Crippen molar-refractivity contribution in [1.82, 2.24) is 15.1 Å². The summed E-state index contributed by atoms with van der Waals surface area (Å²) in [5, 5.41) is 14.4. The Bertz CT molecular complexity index is 771. The SMILES string of the molecule is O=[N+]([O-])c1ccc(OCc2nc(-c3ccncc3)no2)cc1. The van der Waals surface area contributed by atoms with Crippen LogP contribution in [0.4, 0.5) is 5.69 Å². The second kappa shape index (κ2) is 6.00. The Hall–Kier alpha value is -3.29. The second-order valence-electron chi connectivity index (χ2n) is 4.29. The number of hydrogen-bond acceptors (Lipinski definition) is 7. The van der Waals surface area contributed by atoms with Crippen LogP contribution in [-0.4, -0.2) is 20.0 Å². The van der Waals surface area contributed by atoms with Crippen LogP contribution in [0.2, 0.25) is 0 Å². The quantitative estimate of drug-likeness (QED) is 0.526. The molecule has 0 amide bonds. The third kappa shape index (κ3) is 3.06. The van der Waals surface area contributed by atoms with Crippen molar-refractivity contribution in [3.8, 4) is 17.1 Å². The van der Waals surface area contributed by atoms with E-state index >= 15 is 0 Å². The number of non-ortho nitro benzene ring substituents is 1. The zero-order valence-corrected chi connectivity index (χ0v) is 11.2. The summed E-state index contributed by atoms with van der Waals surface area (Å²) in [4.78, 5) is 18.2. The molecule has 0 aliphatic rings. The molecule has 8 nitrogen and oxygen atoms in total. The van der Waals surface area contributed by atoms with Gasteiger partial charge in [0.15, 0.2) is 6.61 Å². The van der Waals surface area contributed by atoms with Gasteiger partial charge in [-0.1, -0.05) is 5.16 Å². The lowest BCUT2D eigenvalue weighted by molar-refractivity contribution is -0.384. The molecule has 0 spiro atoms. The highest BCUT2D eigenvalue weighted by molar-refractivity contribution is 5.52. The molecule has 22 heavy (non-hydrogen) atoms. The smallest absolute Gasteiger partial charge is 0.269 e. The van der Waals surface area contributed by atoms with Crippen molar-refractivity contribution in [2.75, 3.05) is 0 Å². The van der Waals surface area contributed by atoms with Gasteiger partial charge in [-0.3, -0.25) is 15.1 Å². The maximum Gasteiger partial charge on any atom is 0.269 e. The number of ether oxygens (including phenoxy) is 1. The number of hydrogen-bond donors (Lipinski definition) is 0. The maximum absolute atomic E-state index is 10.6. The van der Waals surface area contributed by atoms with Crippen molar-refractivity contribution in [3.63, 3.8) is 0 Å². The molecule has 0 saturated heterocycles. The van der Waals surface area contributed by atoms with Crippen LogP contribution in [0.1, 0.15) is 5.89 Å². The Balaban J connectivity index is 1.65. The maximum atomic E-state index is 10.6. The first-order valence-electron chi connectivity index (χ1n) is 6.32. The molecule has 2 heterocycles. The number of rotatable bonds is 5. The van der Waals surface area contributed by atoms with Gasteiger partial charge in [0, 0.05) is 30.1 Å². The molecule has 0 fully saturated rings. The first-order valence-corrected chi connectivity index (χ1v) is 6.32. The topological polar surface area (TPSA) is 104 Å². The molecule has 0 N–H and O–H groups in total. The molecule has 110 valence electrons. The molecule has 0 radical (unpaired) electrons. The standard InChI is InChI=1S/C14H10N4O4/c19-18(20)11-1-3-12(4-2-11)21-9-13-16-14(17-22-13)10-5-7-15-8-6-10/h1-8H,9H2. The Kier molecular flexibility index (Phi) is 3.73. The summed E-state index contributed by atoms with van der Waals surface area (Å²) in [5.74, 6) is 1.24. The highest BCUT2D eigenvalue weighted by Gasteiger charge is 2.10. The lowest BCUT2D eigenvalue weighted by atomic mass is 10.2. The van der Waals surface area contributed by atoms with E-state index in [1.807, 2.05) is 0 Å². The van der Waals surface area contributed by atoms with Gasteiger partial charge in [-0.2, -0.15) is 4.98 Å². The van der Waals surface area contributed by atoms with E-state index in [1.54, 1.807) is 24.5 Å². The molecule has 0 aliphatic carbocycles. The van der Waals surface area contributed by atoms with Gasteiger partial charge in [0.05, 0.1) is 4.92 Å². The summed E-state index contributed by atoms with van der Waals surface area (Å²) in [7, 11) is 0. The van der Waals surface area contributed by atoms with Crippen molar-refractivity contribution < 1.29 is 14.2 Å². The molecule has 0 unspecified atom stereocenters. The van der Waals surface area contributed by atoms with Gasteiger partial charge in [-0.05, 0) is 24.3 Å². The van der Waals surface area contributed by atoms with Crippen LogP contribution in [0.3, 0.4) is 0 Å². The number of aromatic nitrogens is 3. The Morgan fingerprint density at radius 2 is 1.86 bits per heavy atom. The molecular weight excluding hydrogens is 288 g/mol. The lowest BCUT2D eigenvalue weighted by Gasteiger charge is -2.01. The van der Waals surface area contributed by atoms with Crippen LogP contribution in [0, 0.1) is 10.1 Å². The fourth-order valence-corrected chi connectivity index (χ4v) is 1.74. The van der Waals surface area contributed by atoms with E-state index in [0.29, 0.717) is 17.5 Å². The second-order valence-corrected chi connectivity index (χ2v) is 4.29. The number of benzene rings is 1. The number of nitrogens with zero attached hydrogens (tertiary/aromatic N) is 4. The van der Waals surface area contributed by atoms with Gasteiger partial charge >= 0.3 is 0 Å². The van der Waals surface area contributed by atoms with E-state index in [9.17, 15) is 10.1 Å². The first-order chi connectivity index (χ1) is 10.7. The average Bonchev–Trinajstić information content (AvgIpc) is 3.03. The van der Waals surface area contributed by atoms with E-state index < -0.39 is 4.92 Å².